The molecule has 2 heterocycles. The van der Waals surface area contributed by atoms with Gasteiger partial charge in [0.2, 0.25) is 5.13 Å². The molecule has 1 aliphatic rings. The van der Waals surface area contributed by atoms with Crippen molar-refractivity contribution in [2.24, 2.45) is 11.8 Å². The van der Waals surface area contributed by atoms with Crippen LogP contribution in [0, 0.1) is 18.8 Å². The summed E-state index contributed by atoms with van der Waals surface area (Å²) in [6, 6.07) is 0. The van der Waals surface area contributed by atoms with E-state index >= 15 is 0 Å². The van der Waals surface area contributed by atoms with Crippen LogP contribution < -0.4 is 5.73 Å². The molecule has 1 fully saturated rings. The van der Waals surface area contributed by atoms with Crippen molar-refractivity contribution in [1.82, 2.24) is 20.4 Å². The topological polar surface area (TPSA) is 77.6 Å². The normalized spacial score (nSPS) is 22.9. The Bertz CT molecular complexity index is 483. The van der Waals surface area contributed by atoms with Crippen LogP contribution >= 0.6 is 22.7 Å². The number of aryl methyl sites for hydroxylation is 1. The minimum Gasteiger partial charge on any atom is -0.374 e. The van der Waals surface area contributed by atoms with Crippen LogP contribution in [0.3, 0.4) is 0 Å². The Morgan fingerprint density at radius 3 is 2.11 bits per heavy atom. The highest BCUT2D eigenvalue weighted by Gasteiger charge is 2.30. The average molecular weight is 281 g/mol. The predicted octanol–water partition coefficient (Wildman–Crippen LogP) is 2.09. The zero-order valence-corrected chi connectivity index (χ0v) is 11.8. The van der Waals surface area contributed by atoms with Crippen molar-refractivity contribution < 1.29 is 0 Å². The van der Waals surface area contributed by atoms with Gasteiger partial charge in [-0.25, -0.2) is 0 Å². The third kappa shape index (κ3) is 2.67. The van der Waals surface area contributed by atoms with E-state index in [-0.39, 0.29) is 0 Å². The Morgan fingerprint density at radius 1 is 1.00 bits per heavy atom. The molecule has 0 spiro atoms. The number of nitrogens with zero attached hydrogens (tertiary/aromatic N) is 4. The summed E-state index contributed by atoms with van der Waals surface area (Å²) in [5.41, 5.74) is 5.58. The smallest absolute Gasteiger partial charge is 0.203 e. The van der Waals surface area contributed by atoms with Crippen LogP contribution in [0.15, 0.2) is 0 Å². The largest absolute Gasteiger partial charge is 0.374 e. The van der Waals surface area contributed by atoms with Gasteiger partial charge in [-0.1, -0.05) is 11.3 Å². The van der Waals surface area contributed by atoms with Crippen molar-refractivity contribution in [3.63, 3.8) is 0 Å². The molecule has 0 amide bonds. The van der Waals surface area contributed by atoms with Crippen molar-refractivity contribution in [3.8, 4) is 0 Å². The molecule has 1 saturated carbocycles. The SMILES string of the molecule is Cc1nnc(CC2CC(Cc3nnc(N)s3)C2)s1. The molecule has 96 valence electrons. The molecule has 1 aliphatic carbocycles. The maximum Gasteiger partial charge on any atom is 0.203 e. The first-order valence-corrected chi connectivity index (χ1v) is 7.69. The van der Waals surface area contributed by atoms with Gasteiger partial charge < -0.3 is 5.73 Å². The van der Waals surface area contributed by atoms with Crippen molar-refractivity contribution in [1.29, 1.82) is 0 Å². The first kappa shape index (κ1) is 12.0. The highest BCUT2D eigenvalue weighted by molar-refractivity contribution is 7.15. The molecule has 7 heteroatoms. The predicted molar refractivity (Wildman–Crippen MR) is 72.6 cm³/mol. The number of anilines is 1. The Balaban J connectivity index is 1.46. The van der Waals surface area contributed by atoms with E-state index in [1.165, 1.54) is 29.2 Å². The molecule has 0 aliphatic heterocycles. The van der Waals surface area contributed by atoms with Crippen LogP contribution in [0.4, 0.5) is 5.13 Å². The first-order chi connectivity index (χ1) is 8.69. The fourth-order valence-electron chi connectivity index (χ4n) is 2.47. The van der Waals surface area contributed by atoms with Gasteiger partial charge in [-0.3, -0.25) is 0 Å². The molecule has 0 atom stereocenters. The maximum atomic E-state index is 5.58. The Kier molecular flexibility index (Phi) is 3.25. The van der Waals surface area contributed by atoms with Gasteiger partial charge in [0.25, 0.3) is 0 Å². The van der Waals surface area contributed by atoms with Crippen molar-refractivity contribution in [2.45, 2.75) is 32.6 Å². The van der Waals surface area contributed by atoms with Crippen molar-refractivity contribution in [3.05, 3.63) is 15.0 Å². The van der Waals surface area contributed by atoms with Crippen LogP contribution in [0.2, 0.25) is 0 Å². The number of nitrogens with two attached hydrogens (primary N) is 1. The zero-order valence-electron chi connectivity index (χ0n) is 10.2. The fourth-order valence-corrected chi connectivity index (χ4v) is 4.02. The maximum absolute atomic E-state index is 5.58. The summed E-state index contributed by atoms with van der Waals surface area (Å²) in [4.78, 5) is 0. The van der Waals surface area contributed by atoms with E-state index in [0.717, 1.165) is 34.7 Å². The lowest BCUT2D eigenvalue weighted by atomic mass is 9.72. The van der Waals surface area contributed by atoms with Crippen LogP contribution in [0.1, 0.15) is 27.9 Å². The third-order valence-corrected chi connectivity index (χ3v) is 4.95. The molecular formula is C11H15N5S2. The van der Waals surface area contributed by atoms with E-state index < -0.39 is 0 Å². The summed E-state index contributed by atoms with van der Waals surface area (Å²) >= 11 is 3.22. The molecule has 2 aromatic rings. The molecule has 0 unspecified atom stereocenters. The van der Waals surface area contributed by atoms with E-state index in [4.69, 9.17) is 5.73 Å². The molecule has 0 saturated heterocycles. The lowest BCUT2D eigenvalue weighted by Gasteiger charge is -2.34. The molecule has 2 N–H and O–H groups in total. The first-order valence-electron chi connectivity index (χ1n) is 6.06. The Morgan fingerprint density at radius 2 is 1.61 bits per heavy atom. The van der Waals surface area contributed by atoms with Gasteiger partial charge in [-0.15, -0.1) is 31.7 Å². The molecule has 5 nitrogen and oxygen atoms in total. The number of hydrogen-bond donors (Lipinski definition) is 1. The summed E-state index contributed by atoms with van der Waals surface area (Å²) in [7, 11) is 0. The quantitative estimate of drug-likeness (QED) is 0.928. The van der Waals surface area contributed by atoms with Crippen molar-refractivity contribution >= 4 is 27.8 Å². The van der Waals surface area contributed by atoms with Crippen LogP contribution in [-0.4, -0.2) is 20.4 Å². The number of hydrogen-bond acceptors (Lipinski definition) is 7. The monoisotopic (exact) mass is 281 g/mol. The van der Waals surface area contributed by atoms with Crippen LogP contribution in [0.25, 0.3) is 0 Å². The van der Waals surface area contributed by atoms with Gasteiger partial charge >= 0.3 is 0 Å². The molecule has 18 heavy (non-hydrogen) atoms. The second kappa shape index (κ2) is 4.89. The van der Waals surface area contributed by atoms with E-state index in [9.17, 15) is 0 Å². The van der Waals surface area contributed by atoms with Crippen LogP contribution in [0.5, 0.6) is 0 Å². The van der Waals surface area contributed by atoms with Crippen molar-refractivity contribution in [2.75, 3.05) is 5.73 Å². The standard InChI is InChI=1S/C11H15N5S2/c1-6-13-14-9(17-6)4-7-2-8(3-7)5-10-15-16-11(12)18-10/h7-8H,2-5H2,1H3,(H2,12,16). The average Bonchev–Trinajstić information content (AvgIpc) is 2.85. The van der Waals surface area contributed by atoms with E-state index in [1.807, 2.05) is 6.92 Å². The second-order valence-corrected chi connectivity index (χ2v) is 7.22. The summed E-state index contributed by atoms with van der Waals surface area (Å²) in [5, 5.41) is 20.0. The number of aromatic nitrogens is 4. The summed E-state index contributed by atoms with van der Waals surface area (Å²) in [6.45, 7) is 2.00. The summed E-state index contributed by atoms with van der Waals surface area (Å²) in [6.07, 6.45) is 4.64. The molecular weight excluding hydrogens is 266 g/mol. The summed E-state index contributed by atoms with van der Waals surface area (Å²) < 4.78 is 0. The van der Waals surface area contributed by atoms with Gasteiger partial charge in [-0.2, -0.15) is 0 Å². The van der Waals surface area contributed by atoms with Gasteiger partial charge in [0.1, 0.15) is 15.0 Å². The van der Waals surface area contributed by atoms with Gasteiger partial charge in [0.15, 0.2) is 0 Å². The zero-order chi connectivity index (χ0) is 12.5. The highest BCUT2D eigenvalue weighted by atomic mass is 32.1. The van der Waals surface area contributed by atoms with Gasteiger partial charge in [0.05, 0.1) is 0 Å². The molecule has 0 radical (unpaired) electrons. The molecule has 2 aromatic heterocycles. The van der Waals surface area contributed by atoms with Crippen LogP contribution in [-0.2, 0) is 12.8 Å². The lowest BCUT2D eigenvalue weighted by molar-refractivity contribution is 0.191. The summed E-state index contributed by atoms with van der Waals surface area (Å²) in [5.74, 6) is 1.52. The van der Waals surface area contributed by atoms with E-state index in [2.05, 4.69) is 20.4 Å². The minimum absolute atomic E-state index is 0.574. The van der Waals surface area contributed by atoms with Gasteiger partial charge in [0, 0.05) is 12.8 Å². The van der Waals surface area contributed by atoms with Gasteiger partial charge in [-0.05, 0) is 31.6 Å². The minimum atomic E-state index is 0.574. The lowest BCUT2D eigenvalue weighted by Crippen LogP contribution is -2.27. The number of rotatable bonds is 4. The third-order valence-electron chi connectivity index (χ3n) is 3.31. The highest BCUT2D eigenvalue weighted by Crippen LogP contribution is 2.38. The number of nitrogen functional groups attached to an aromatic ring is 1. The molecule has 3 rings (SSSR count). The van der Waals surface area contributed by atoms with E-state index in [1.54, 1.807) is 11.3 Å². The molecule has 0 bridgehead atoms. The Hall–Kier alpha value is -1.08. The molecule has 0 aromatic carbocycles. The van der Waals surface area contributed by atoms with E-state index in [0.29, 0.717) is 5.13 Å². The second-order valence-electron chi connectivity index (χ2n) is 4.86. The fraction of sp³-hybridized carbons (Fsp3) is 0.636. The Labute approximate surface area is 113 Å².